The highest BCUT2D eigenvalue weighted by atomic mass is 16.5. The molecule has 0 bridgehead atoms. The van der Waals surface area contributed by atoms with E-state index in [1.165, 1.54) is 13.0 Å². The van der Waals surface area contributed by atoms with Crippen LogP contribution in [0.25, 0.3) is 0 Å². The Morgan fingerprint density at radius 1 is 1.10 bits per heavy atom. The van der Waals surface area contributed by atoms with Crippen molar-refractivity contribution in [3.05, 3.63) is 48.0 Å². The molecule has 0 atom stereocenters. The molecule has 5 N–H and O–H groups in total. The SMILES string of the molecule is CC(=O)Nc1ccccc1Oc1c(N)cccc1C(N)=O. The van der Waals surface area contributed by atoms with E-state index in [4.69, 9.17) is 16.2 Å². The van der Waals surface area contributed by atoms with Crippen molar-refractivity contribution in [2.24, 2.45) is 5.73 Å². The molecular formula is C15H15N3O3. The third-order valence-electron chi connectivity index (χ3n) is 2.72. The molecule has 0 fully saturated rings. The van der Waals surface area contributed by atoms with Crippen LogP contribution in [0.2, 0.25) is 0 Å². The lowest BCUT2D eigenvalue weighted by molar-refractivity contribution is -0.114. The minimum atomic E-state index is -0.644. The minimum absolute atomic E-state index is 0.169. The third-order valence-corrected chi connectivity index (χ3v) is 2.72. The zero-order valence-corrected chi connectivity index (χ0v) is 11.4. The van der Waals surface area contributed by atoms with E-state index in [0.717, 1.165) is 0 Å². The van der Waals surface area contributed by atoms with E-state index in [-0.39, 0.29) is 22.9 Å². The summed E-state index contributed by atoms with van der Waals surface area (Å²) in [6, 6.07) is 11.6. The lowest BCUT2D eigenvalue weighted by atomic mass is 10.1. The Bertz CT molecular complexity index is 698. The van der Waals surface area contributed by atoms with Gasteiger partial charge in [-0.25, -0.2) is 0 Å². The summed E-state index contributed by atoms with van der Waals surface area (Å²) in [7, 11) is 0. The van der Waals surface area contributed by atoms with Gasteiger partial charge in [0.05, 0.1) is 16.9 Å². The second-order valence-corrected chi connectivity index (χ2v) is 4.37. The smallest absolute Gasteiger partial charge is 0.252 e. The lowest BCUT2D eigenvalue weighted by Crippen LogP contribution is -2.13. The minimum Gasteiger partial charge on any atom is -0.452 e. The van der Waals surface area contributed by atoms with Crippen molar-refractivity contribution in [1.82, 2.24) is 0 Å². The lowest BCUT2D eigenvalue weighted by Gasteiger charge is -2.14. The van der Waals surface area contributed by atoms with E-state index in [2.05, 4.69) is 5.32 Å². The standard InChI is InChI=1S/C15H15N3O3/c1-9(19)18-12-7-2-3-8-13(12)21-14-10(15(17)20)5-4-6-11(14)16/h2-8H,16H2,1H3,(H2,17,20)(H,18,19). The second-order valence-electron chi connectivity index (χ2n) is 4.37. The molecule has 0 aliphatic carbocycles. The van der Waals surface area contributed by atoms with E-state index in [9.17, 15) is 9.59 Å². The van der Waals surface area contributed by atoms with Crippen LogP contribution in [-0.4, -0.2) is 11.8 Å². The number of anilines is 2. The Labute approximate surface area is 121 Å². The summed E-state index contributed by atoms with van der Waals surface area (Å²) < 4.78 is 5.69. The van der Waals surface area contributed by atoms with Crippen molar-refractivity contribution >= 4 is 23.2 Å². The largest absolute Gasteiger partial charge is 0.452 e. The topological polar surface area (TPSA) is 107 Å². The Hall–Kier alpha value is -3.02. The summed E-state index contributed by atoms with van der Waals surface area (Å²) in [6.45, 7) is 1.39. The van der Waals surface area contributed by atoms with Gasteiger partial charge in [-0.3, -0.25) is 9.59 Å². The van der Waals surface area contributed by atoms with Crippen LogP contribution in [0.1, 0.15) is 17.3 Å². The van der Waals surface area contributed by atoms with Crippen molar-refractivity contribution in [2.45, 2.75) is 6.92 Å². The molecule has 2 aromatic carbocycles. The third kappa shape index (κ3) is 3.30. The Morgan fingerprint density at radius 2 is 1.81 bits per heavy atom. The summed E-state index contributed by atoms with van der Waals surface area (Å²) >= 11 is 0. The van der Waals surface area contributed by atoms with Crippen molar-refractivity contribution < 1.29 is 14.3 Å². The Morgan fingerprint density at radius 3 is 2.48 bits per heavy atom. The van der Waals surface area contributed by atoms with Gasteiger partial charge in [-0.05, 0) is 24.3 Å². The number of amides is 2. The van der Waals surface area contributed by atoms with Gasteiger partial charge >= 0.3 is 0 Å². The number of nitrogens with one attached hydrogen (secondary N) is 1. The molecule has 6 nitrogen and oxygen atoms in total. The molecule has 0 radical (unpaired) electrons. The highest BCUT2D eigenvalue weighted by Crippen LogP contribution is 2.34. The van der Waals surface area contributed by atoms with Crippen LogP contribution >= 0.6 is 0 Å². The average molecular weight is 285 g/mol. The van der Waals surface area contributed by atoms with E-state index in [0.29, 0.717) is 11.4 Å². The molecule has 2 amide bonds. The summed E-state index contributed by atoms with van der Waals surface area (Å²) in [5, 5.41) is 2.64. The number of para-hydroxylation sites is 3. The predicted octanol–water partition coefficient (Wildman–Crippen LogP) is 2.12. The van der Waals surface area contributed by atoms with Gasteiger partial charge in [0.1, 0.15) is 0 Å². The molecule has 0 saturated heterocycles. The molecule has 0 heterocycles. The van der Waals surface area contributed by atoms with Gasteiger partial charge in [-0.1, -0.05) is 18.2 Å². The summed E-state index contributed by atoms with van der Waals surface area (Å²) in [5.41, 5.74) is 12.1. The predicted molar refractivity (Wildman–Crippen MR) is 80.2 cm³/mol. The first-order valence-corrected chi connectivity index (χ1v) is 6.22. The molecule has 0 saturated carbocycles. The van der Waals surface area contributed by atoms with Gasteiger partial charge < -0.3 is 21.5 Å². The second kappa shape index (κ2) is 5.96. The maximum absolute atomic E-state index is 11.4. The zero-order chi connectivity index (χ0) is 15.4. The molecule has 2 aromatic rings. The van der Waals surface area contributed by atoms with Gasteiger partial charge in [0.25, 0.3) is 5.91 Å². The van der Waals surface area contributed by atoms with Crippen molar-refractivity contribution in [2.75, 3.05) is 11.1 Å². The Kier molecular flexibility index (Phi) is 4.08. The quantitative estimate of drug-likeness (QED) is 0.748. The van der Waals surface area contributed by atoms with Crippen LogP contribution in [0.15, 0.2) is 42.5 Å². The van der Waals surface area contributed by atoms with Gasteiger partial charge in [0.2, 0.25) is 5.91 Å². The van der Waals surface area contributed by atoms with Crippen LogP contribution in [0.4, 0.5) is 11.4 Å². The molecule has 21 heavy (non-hydrogen) atoms. The molecule has 0 spiro atoms. The molecule has 0 aliphatic rings. The number of benzene rings is 2. The first-order chi connectivity index (χ1) is 9.99. The molecular weight excluding hydrogens is 270 g/mol. The number of nitrogen functional groups attached to an aromatic ring is 1. The summed E-state index contributed by atoms with van der Waals surface area (Å²) in [6.07, 6.45) is 0. The molecule has 2 rings (SSSR count). The van der Waals surface area contributed by atoms with Crippen LogP contribution in [0.5, 0.6) is 11.5 Å². The Balaban J connectivity index is 2.44. The highest BCUT2D eigenvalue weighted by Gasteiger charge is 2.15. The number of carbonyl (C=O) groups excluding carboxylic acids is 2. The van der Waals surface area contributed by atoms with Crippen LogP contribution in [0, 0.1) is 0 Å². The number of hydrogen-bond acceptors (Lipinski definition) is 4. The van der Waals surface area contributed by atoms with E-state index in [1.54, 1.807) is 36.4 Å². The van der Waals surface area contributed by atoms with Crippen LogP contribution in [-0.2, 0) is 4.79 Å². The van der Waals surface area contributed by atoms with Gasteiger partial charge in [0, 0.05) is 6.92 Å². The average Bonchev–Trinajstić information content (AvgIpc) is 2.42. The van der Waals surface area contributed by atoms with E-state index in [1.807, 2.05) is 0 Å². The van der Waals surface area contributed by atoms with Crippen LogP contribution in [0.3, 0.4) is 0 Å². The number of nitrogens with two attached hydrogens (primary N) is 2. The fourth-order valence-electron chi connectivity index (χ4n) is 1.82. The fraction of sp³-hybridized carbons (Fsp3) is 0.0667. The van der Waals surface area contributed by atoms with Gasteiger partial charge in [-0.2, -0.15) is 0 Å². The zero-order valence-electron chi connectivity index (χ0n) is 11.4. The number of rotatable bonds is 4. The fourth-order valence-corrected chi connectivity index (χ4v) is 1.82. The summed E-state index contributed by atoms with van der Waals surface area (Å²) in [5.74, 6) is -0.340. The van der Waals surface area contributed by atoms with Gasteiger partial charge in [0.15, 0.2) is 11.5 Å². The highest BCUT2D eigenvalue weighted by molar-refractivity contribution is 5.97. The van der Waals surface area contributed by atoms with Crippen molar-refractivity contribution in [3.8, 4) is 11.5 Å². The molecule has 108 valence electrons. The number of primary amides is 1. The number of hydrogen-bond donors (Lipinski definition) is 3. The molecule has 0 unspecified atom stereocenters. The number of carbonyl (C=O) groups is 2. The normalized spacial score (nSPS) is 9.95. The van der Waals surface area contributed by atoms with Gasteiger partial charge in [-0.15, -0.1) is 0 Å². The molecule has 6 heteroatoms. The monoisotopic (exact) mass is 285 g/mol. The van der Waals surface area contributed by atoms with Crippen LogP contribution < -0.4 is 21.5 Å². The maximum Gasteiger partial charge on any atom is 0.252 e. The molecule has 0 aliphatic heterocycles. The van der Waals surface area contributed by atoms with Crippen molar-refractivity contribution in [3.63, 3.8) is 0 Å². The maximum atomic E-state index is 11.4. The first kappa shape index (κ1) is 14.4. The summed E-state index contributed by atoms with van der Waals surface area (Å²) in [4.78, 5) is 22.6. The van der Waals surface area contributed by atoms with E-state index >= 15 is 0 Å². The number of ether oxygens (including phenoxy) is 1. The van der Waals surface area contributed by atoms with E-state index < -0.39 is 5.91 Å². The first-order valence-electron chi connectivity index (χ1n) is 6.22. The van der Waals surface area contributed by atoms with Crippen molar-refractivity contribution in [1.29, 1.82) is 0 Å². The molecule has 0 aromatic heterocycles.